The van der Waals surface area contributed by atoms with Crippen molar-refractivity contribution >= 4 is 62.5 Å². The number of para-hydroxylation sites is 1. The van der Waals surface area contributed by atoms with Gasteiger partial charge >= 0.3 is 20.6 Å². The van der Waals surface area contributed by atoms with E-state index >= 15 is 0 Å². The van der Waals surface area contributed by atoms with Gasteiger partial charge in [-0.3, -0.25) is 0 Å². The lowest BCUT2D eigenvalue weighted by molar-refractivity contribution is -0.585. The van der Waals surface area contributed by atoms with Crippen LogP contribution in [0.4, 0.5) is 13.5 Å². The van der Waals surface area contributed by atoms with Gasteiger partial charge in [-0.1, -0.05) is 59.1 Å². The van der Waals surface area contributed by atoms with E-state index in [1.54, 1.807) is 30.3 Å². The van der Waals surface area contributed by atoms with Crippen molar-refractivity contribution in [1.82, 2.24) is 0 Å². The summed E-state index contributed by atoms with van der Waals surface area (Å²) < 4.78 is 67.0. The summed E-state index contributed by atoms with van der Waals surface area (Å²) in [7, 11) is -9.03. The van der Waals surface area contributed by atoms with E-state index in [-0.39, 0.29) is 11.5 Å². The maximum Gasteiger partial charge on any atom is 0.536 e. The Morgan fingerprint density at radius 3 is 1.69 bits per heavy atom. The number of benzene rings is 2. The molecule has 1 aliphatic heterocycles. The van der Waals surface area contributed by atoms with Crippen LogP contribution in [0, 0.1) is 12.7 Å². The molecule has 0 saturated carbocycles. The quantitative estimate of drug-likeness (QED) is 0.214. The van der Waals surface area contributed by atoms with Gasteiger partial charge < -0.3 is 10.3 Å². The summed E-state index contributed by atoms with van der Waals surface area (Å²) in [5.74, 6) is -0.534. The molecule has 1 heterocycles. The Morgan fingerprint density at radius 1 is 1.00 bits per heavy atom. The summed E-state index contributed by atoms with van der Waals surface area (Å²) in [5, 5.41) is 0.194. The Balaban J connectivity index is 0.000000433. The topological polar surface area (TPSA) is 100 Å². The molecule has 0 aromatic heterocycles. The fraction of sp³-hybridized carbons (Fsp3) is 0.158. The number of nitrogens with two attached hydrogens (primary N) is 1. The van der Waals surface area contributed by atoms with Crippen molar-refractivity contribution in [2.24, 2.45) is 0 Å². The fourth-order valence-electron chi connectivity index (χ4n) is 1.94. The molecule has 32 heavy (non-hydrogen) atoms. The SMILES string of the molecule is C=[N+]1[CH-]C=[N+](S(=O)(=O)F)[C-]1C.ClCCl.Nc1ccccc1.O=S(=O)(F)Cc1ccccc1. The van der Waals surface area contributed by atoms with Gasteiger partial charge in [0.05, 0.1) is 5.34 Å². The molecule has 1 aliphatic rings. The van der Waals surface area contributed by atoms with Gasteiger partial charge in [-0.05, 0) is 24.6 Å². The van der Waals surface area contributed by atoms with Crippen molar-refractivity contribution in [3.8, 4) is 0 Å². The fourth-order valence-corrected chi connectivity index (χ4v) is 3.15. The molecule has 0 aliphatic carbocycles. The molecule has 2 N–H and O–H groups in total. The van der Waals surface area contributed by atoms with Gasteiger partial charge in [-0.25, -0.2) is 0 Å². The van der Waals surface area contributed by atoms with E-state index in [4.69, 9.17) is 28.9 Å². The highest BCUT2D eigenvalue weighted by atomic mass is 35.5. The Hall–Kier alpha value is -2.34. The Morgan fingerprint density at radius 2 is 1.44 bits per heavy atom. The first kappa shape index (κ1) is 29.7. The number of nitrogens with zero attached hydrogens (tertiary/aromatic N) is 2. The zero-order valence-corrected chi connectivity index (χ0v) is 20.1. The number of halogens is 4. The van der Waals surface area contributed by atoms with Crippen molar-refractivity contribution in [3.63, 3.8) is 0 Å². The first-order valence-electron chi connectivity index (χ1n) is 8.56. The molecule has 0 amide bonds. The second-order valence-electron chi connectivity index (χ2n) is 5.73. The number of nitrogen functional groups attached to an aromatic ring is 1. The standard InChI is InChI=1S/C7H7FO2S.C6H7N.C5H7FN2O2S.CH2Cl2/c8-11(9,10)6-7-4-2-1-3-5-7;7-6-4-2-1-3-5-6;1-5-7(2)3-4-8(5)11(6,9)10;2-1-3/h1-5H,6H2;1-5H,7H2;3-4H,2H2,1H3;1H2. The third kappa shape index (κ3) is 13.9. The van der Waals surface area contributed by atoms with E-state index in [1.807, 2.05) is 30.3 Å². The Labute approximate surface area is 198 Å². The van der Waals surface area contributed by atoms with Gasteiger partial charge in [0.25, 0.3) is 0 Å². The molecular formula is C19H23Cl2F2N3O4S2. The second kappa shape index (κ2) is 14.7. The van der Waals surface area contributed by atoms with Crippen LogP contribution >= 0.6 is 23.2 Å². The van der Waals surface area contributed by atoms with E-state index in [1.165, 1.54) is 18.0 Å². The van der Waals surface area contributed by atoms with Crippen LogP contribution in [-0.2, 0) is 26.4 Å². The molecule has 13 heteroatoms. The molecule has 0 bridgehead atoms. The van der Waals surface area contributed by atoms with Crippen LogP contribution in [-0.4, -0.2) is 43.7 Å². The smallest absolute Gasteiger partial charge is 0.434 e. The highest BCUT2D eigenvalue weighted by molar-refractivity contribution is 7.85. The van der Waals surface area contributed by atoms with Crippen molar-refractivity contribution in [2.45, 2.75) is 12.7 Å². The van der Waals surface area contributed by atoms with Crippen LogP contribution in [0.5, 0.6) is 0 Å². The van der Waals surface area contributed by atoms with E-state index in [2.05, 4.69) is 6.72 Å². The third-order valence-electron chi connectivity index (χ3n) is 3.33. The van der Waals surface area contributed by atoms with Crippen LogP contribution in [0.15, 0.2) is 60.7 Å². The summed E-state index contributed by atoms with van der Waals surface area (Å²) in [6.07, 6.45) is 1.31. The molecule has 0 saturated heterocycles. The van der Waals surface area contributed by atoms with E-state index in [0.717, 1.165) is 11.9 Å². The van der Waals surface area contributed by atoms with Crippen molar-refractivity contribution < 1.29 is 33.2 Å². The van der Waals surface area contributed by atoms with Gasteiger partial charge in [0.1, 0.15) is 12.0 Å². The molecule has 0 radical (unpaired) electrons. The third-order valence-corrected chi connectivity index (χ3v) is 4.87. The molecule has 0 spiro atoms. The highest BCUT2D eigenvalue weighted by Crippen LogP contribution is 2.14. The van der Waals surface area contributed by atoms with Crippen LogP contribution in [0.1, 0.15) is 12.5 Å². The largest absolute Gasteiger partial charge is 0.536 e. The number of alkyl halides is 2. The first-order chi connectivity index (χ1) is 14.8. The van der Waals surface area contributed by atoms with Gasteiger partial charge in [0, 0.05) is 12.2 Å². The second-order valence-corrected chi connectivity index (χ2v) is 9.13. The molecule has 0 atom stereocenters. The zero-order chi connectivity index (χ0) is 24.8. The predicted molar refractivity (Wildman–Crippen MR) is 125 cm³/mol. The summed E-state index contributed by atoms with van der Waals surface area (Å²) in [4.78, 5) is 0. The number of hydrogen-bond donors (Lipinski definition) is 1. The summed E-state index contributed by atoms with van der Waals surface area (Å²) >= 11 is 9.53. The minimum atomic E-state index is -4.66. The molecule has 0 fully saturated rings. The van der Waals surface area contributed by atoms with Gasteiger partial charge in [0.15, 0.2) is 0 Å². The highest BCUT2D eigenvalue weighted by Gasteiger charge is 2.31. The van der Waals surface area contributed by atoms with Crippen LogP contribution in [0.2, 0.25) is 0 Å². The molecule has 178 valence electrons. The van der Waals surface area contributed by atoms with E-state index in [0.29, 0.717) is 9.54 Å². The van der Waals surface area contributed by atoms with Gasteiger partial charge in [-0.15, -0.1) is 39.5 Å². The molecule has 7 nitrogen and oxygen atoms in total. The van der Waals surface area contributed by atoms with Crippen LogP contribution < -0.4 is 5.73 Å². The maximum absolute atomic E-state index is 12.3. The summed E-state index contributed by atoms with van der Waals surface area (Å²) in [6.45, 7) is 6.22. The van der Waals surface area contributed by atoms with E-state index < -0.39 is 26.4 Å². The number of hydrogen-bond acceptors (Lipinski definition) is 5. The minimum Gasteiger partial charge on any atom is -0.434 e. The normalized spacial score (nSPS) is 12.6. The minimum absolute atomic E-state index is 0.194. The van der Waals surface area contributed by atoms with Crippen molar-refractivity contribution in [2.75, 3.05) is 11.1 Å². The van der Waals surface area contributed by atoms with Gasteiger partial charge in [-0.2, -0.15) is 8.42 Å². The van der Waals surface area contributed by atoms with Crippen LogP contribution in [0.25, 0.3) is 0 Å². The lowest BCUT2D eigenvalue weighted by Crippen LogP contribution is -2.20. The molecular weight excluding hydrogens is 507 g/mol. The van der Waals surface area contributed by atoms with E-state index in [9.17, 15) is 24.6 Å². The summed E-state index contributed by atoms with van der Waals surface area (Å²) in [6, 6.07) is 17.7. The number of rotatable bonds is 3. The lowest BCUT2D eigenvalue weighted by Gasteiger charge is -2.08. The Kier molecular flexibility index (Phi) is 13.6. The number of anilines is 1. The first-order valence-corrected chi connectivity index (χ1v) is 12.5. The average Bonchev–Trinajstić information content (AvgIpc) is 3.03. The lowest BCUT2D eigenvalue weighted by atomic mass is 10.2. The molecule has 0 unspecified atom stereocenters. The van der Waals surface area contributed by atoms with Crippen molar-refractivity contribution in [1.29, 1.82) is 0 Å². The van der Waals surface area contributed by atoms with Gasteiger partial charge in [0.2, 0.25) is 6.17 Å². The van der Waals surface area contributed by atoms with Crippen molar-refractivity contribution in [3.05, 3.63) is 78.9 Å². The molecule has 2 aromatic carbocycles. The maximum atomic E-state index is 12.3. The van der Waals surface area contributed by atoms with Crippen LogP contribution in [0.3, 0.4) is 0 Å². The average molecular weight is 530 g/mol. The zero-order valence-electron chi connectivity index (χ0n) is 17.0. The summed E-state index contributed by atoms with van der Waals surface area (Å²) in [5.41, 5.74) is 6.65. The molecule has 2 aromatic rings. The molecule has 3 rings (SSSR count). The Bertz CT molecular complexity index is 1070. The predicted octanol–water partition coefficient (Wildman–Crippen LogP) is 3.86. The monoisotopic (exact) mass is 529 g/mol.